The van der Waals surface area contributed by atoms with E-state index < -0.39 is 11.3 Å². The van der Waals surface area contributed by atoms with E-state index in [-0.39, 0.29) is 0 Å². The topological polar surface area (TPSA) is 70.8 Å². The maximum absolute atomic E-state index is 9.92. The van der Waals surface area contributed by atoms with Crippen molar-refractivity contribution in [3.63, 3.8) is 0 Å². The van der Waals surface area contributed by atoms with Crippen LogP contribution in [0, 0.1) is 0 Å². The molecule has 0 fully saturated rings. The molecule has 0 aliphatic heterocycles. The Bertz CT molecular complexity index is 183. The molecule has 0 amide bonds. The first-order valence-electron chi connectivity index (χ1n) is 1.77. The van der Waals surface area contributed by atoms with E-state index in [0.29, 0.717) is 0 Å². The normalized spacial score (nSPS) is 13.6. The van der Waals surface area contributed by atoms with Gasteiger partial charge in [-0.05, 0) is 0 Å². The van der Waals surface area contributed by atoms with Gasteiger partial charge < -0.3 is 4.55 Å². The molecule has 1 rings (SSSR count). The first kappa shape index (κ1) is 5.39. The zero-order valence-electron chi connectivity index (χ0n) is 3.72. The van der Waals surface area contributed by atoms with Gasteiger partial charge in [0.15, 0.2) is 0 Å². The summed E-state index contributed by atoms with van der Waals surface area (Å²) in [4.78, 5) is 0. The largest absolute Gasteiger partial charge is 0.754 e. The molecule has 0 saturated heterocycles. The fourth-order valence-corrected chi connectivity index (χ4v) is 0.532. The average molecular weight is 132 g/mol. The molecule has 1 heterocycles. The molecule has 44 valence electrons. The third-order valence-corrected chi connectivity index (χ3v) is 1.05. The molecule has 1 atom stereocenters. The van der Waals surface area contributed by atoms with Crippen LogP contribution in [-0.4, -0.2) is 23.2 Å². The average Bonchev–Trinajstić information content (AvgIpc) is 2.12. The van der Waals surface area contributed by atoms with Crippen LogP contribution >= 0.6 is 0 Å². The summed E-state index contributed by atoms with van der Waals surface area (Å²) in [6.45, 7) is 0. The number of hydrogen-bond acceptors (Lipinski definition) is 4. The van der Waals surface area contributed by atoms with Gasteiger partial charge in [0.05, 0.1) is 23.7 Å². The van der Waals surface area contributed by atoms with Crippen molar-refractivity contribution in [1.29, 1.82) is 0 Å². The van der Waals surface area contributed by atoms with E-state index in [1.807, 2.05) is 0 Å². The molecule has 0 bridgehead atoms. The smallest absolute Gasteiger partial charge is 0.0704 e. The summed E-state index contributed by atoms with van der Waals surface area (Å²) in [5.41, 5.74) is 0. The molecule has 6 heteroatoms. The minimum absolute atomic E-state index is 0.722. The Morgan fingerprint density at radius 1 is 1.75 bits per heavy atom. The van der Waals surface area contributed by atoms with Crippen LogP contribution in [0.15, 0.2) is 12.4 Å². The summed E-state index contributed by atoms with van der Waals surface area (Å²) in [7, 11) is 0. The standard InChI is InChI=1S/C2H3N3O2S/c6-8(7)5-2-1-3-4-5/h1-2H,(H,6,7)/p-1. The van der Waals surface area contributed by atoms with E-state index in [1.165, 1.54) is 12.4 Å². The van der Waals surface area contributed by atoms with Gasteiger partial charge in [0, 0.05) is 0 Å². The van der Waals surface area contributed by atoms with Gasteiger partial charge >= 0.3 is 0 Å². The van der Waals surface area contributed by atoms with E-state index >= 15 is 0 Å². The van der Waals surface area contributed by atoms with Gasteiger partial charge in [0.25, 0.3) is 0 Å². The van der Waals surface area contributed by atoms with Gasteiger partial charge in [-0.15, -0.1) is 5.10 Å². The van der Waals surface area contributed by atoms with Crippen LogP contribution in [0.1, 0.15) is 0 Å². The molecule has 5 nitrogen and oxygen atoms in total. The molecule has 0 aromatic carbocycles. The molecular weight excluding hydrogens is 130 g/mol. The van der Waals surface area contributed by atoms with E-state index in [1.54, 1.807) is 0 Å². The van der Waals surface area contributed by atoms with Crippen LogP contribution in [0.3, 0.4) is 0 Å². The van der Waals surface area contributed by atoms with Crippen LogP contribution in [0.4, 0.5) is 0 Å². The molecule has 0 saturated carbocycles. The molecule has 1 aromatic heterocycles. The molecule has 1 aromatic rings. The molecule has 0 spiro atoms. The number of nitrogens with zero attached hydrogens (tertiary/aromatic N) is 3. The summed E-state index contributed by atoms with van der Waals surface area (Å²) in [6, 6.07) is 0. The highest BCUT2D eigenvalue weighted by Crippen LogP contribution is 1.78. The fourth-order valence-electron chi connectivity index (χ4n) is 0.277. The van der Waals surface area contributed by atoms with Gasteiger partial charge in [0.1, 0.15) is 0 Å². The van der Waals surface area contributed by atoms with E-state index in [0.717, 1.165) is 4.09 Å². The maximum atomic E-state index is 9.92. The Morgan fingerprint density at radius 2 is 2.50 bits per heavy atom. The highest BCUT2D eigenvalue weighted by molar-refractivity contribution is 7.77. The lowest BCUT2D eigenvalue weighted by atomic mass is 11.0. The number of aromatic nitrogens is 3. The number of rotatable bonds is 1. The van der Waals surface area contributed by atoms with E-state index in [4.69, 9.17) is 0 Å². The van der Waals surface area contributed by atoms with Crippen molar-refractivity contribution in [3.05, 3.63) is 12.4 Å². The highest BCUT2D eigenvalue weighted by atomic mass is 32.2. The van der Waals surface area contributed by atoms with Crippen molar-refractivity contribution in [3.8, 4) is 0 Å². The van der Waals surface area contributed by atoms with Crippen molar-refractivity contribution in [2.45, 2.75) is 0 Å². The SMILES string of the molecule is O=S([O-])n1ccnn1. The van der Waals surface area contributed by atoms with Crippen LogP contribution in [0.5, 0.6) is 0 Å². The summed E-state index contributed by atoms with van der Waals surface area (Å²) in [5.74, 6) is 0. The quantitative estimate of drug-likeness (QED) is 0.456. The second-order valence-corrected chi connectivity index (χ2v) is 1.83. The van der Waals surface area contributed by atoms with Gasteiger partial charge in [-0.2, -0.15) is 4.09 Å². The Hall–Kier alpha value is -0.750. The lowest BCUT2D eigenvalue weighted by Crippen LogP contribution is -2.02. The number of hydrogen-bond donors (Lipinski definition) is 0. The predicted molar refractivity (Wildman–Crippen MR) is 24.3 cm³/mol. The van der Waals surface area contributed by atoms with Crippen molar-refractivity contribution in [1.82, 2.24) is 14.4 Å². The minimum Gasteiger partial charge on any atom is -0.754 e. The van der Waals surface area contributed by atoms with E-state index in [2.05, 4.69) is 10.3 Å². The minimum atomic E-state index is -2.30. The Morgan fingerprint density at radius 3 is 2.75 bits per heavy atom. The lowest BCUT2D eigenvalue weighted by Gasteiger charge is -1.99. The third-order valence-electron chi connectivity index (χ3n) is 0.553. The van der Waals surface area contributed by atoms with Gasteiger partial charge in [0.2, 0.25) is 0 Å². The van der Waals surface area contributed by atoms with Crippen LogP contribution in [0.2, 0.25) is 0 Å². The van der Waals surface area contributed by atoms with Gasteiger partial charge in [-0.1, -0.05) is 5.21 Å². The first-order valence-corrected chi connectivity index (χ1v) is 2.80. The second kappa shape index (κ2) is 2.01. The lowest BCUT2D eigenvalue weighted by molar-refractivity contribution is 0.519. The molecular formula is C2H2N3O2S-. The second-order valence-electron chi connectivity index (χ2n) is 1.02. The first-order chi connectivity index (χ1) is 3.80. The van der Waals surface area contributed by atoms with Crippen molar-refractivity contribution < 1.29 is 8.76 Å². The van der Waals surface area contributed by atoms with Crippen LogP contribution in [-0.2, 0) is 11.3 Å². The highest BCUT2D eigenvalue weighted by Gasteiger charge is 1.83. The van der Waals surface area contributed by atoms with Crippen molar-refractivity contribution in [2.75, 3.05) is 0 Å². The molecule has 0 N–H and O–H groups in total. The molecule has 0 aliphatic rings. The van der Waals surface area contributed by atoms with Gasteiger partial charge in [-0.3, -0.25) is 4.21 Å². The molecule has 1 unspecified atom stereocenters. The Balaban J connectivity index is 2.93. The maximum Gasteiger partial charge on any atom is 0.0704 e. The fraction of sp³-hybridized carbons (Fsp3) is 0. The zero-order valence-corrected chi connectivity index (χ0v) is 4.54. The monoisotopic (exact) mass is 132 g/mol. The van der Waals surface area contributed by atoms with Crippen molar-refractivity contribution in [2.24, 2.45) is 0 Å². The van der Waals surface area contributed by atoms with Crippen LogP contribution < -0.4 is 0 Å². The summed E-state index contributed by atoms with van der Waals surface area (Å²) in [5, 5.41) is 6.43. The van der Waals surface area contributed by atoms with Crippen molar-refractivity contribution >= 4 is 11.3 Å². The van der Waals surface area contributed by atoms with Crippen LogP contribution in [0.25, 0.3) is 0 Å². The molecule has 8 heavy (non-hydrogen) atoms. The Kier molecular flexibility index (Phi) is 1.36. The summed E-state index contributed by atoms with van der Waals surface area (Å²) in [6.07, 6.45) is 2.53. The summed E-state index contributed by atoms with van der Waals surface area (Å²) >= 11 is -2.30. The predicted octanol–water partition coefficient (Wildman–Crippen LogP) is -1.08. The molecule has 0 radical (unpaired) electrons. The van der Waals surface area contributed by atoms with Gasteiger partial charge in [-0.25, -0.2) is 0 Å². The zero-order chi connectivity index (χ0) is 5.98. The third kappa shape index (κ3) is 0.903. The Labute approximate surface area is 47.7 Å². The summed E-state index contributed by atoms with van der Waals surface area (Å²) < 4.78 is 20.6. The molecule has 0 aliphatic carbocycles. The van der Waals surface area contributed by atoms with E-state index in [9.17, 15) is 8.76 Å².